The molecule has 1 amide bonds. The number of amides is 1. The van der Waals surface area contributed by atoms with Crippen LogP contribution < -0.4 is 10.1 Å². The van der Waals surface area contributed by atoms with Crippen LogP contribution in [0.4, 0.5) is 4.39 Å². The molecule has 2 aromatic carbocycles. The van der Waals surface area contributed by atoms with E-state index in [1.54, 1.807) is 23.1 Å². The third kappa shape index (κ3) is 4.08. The first-order chi connectivity index (χ1) is 12.6. The van der Waals surface area contributed by atoms with Crippen molar-refractivity contribution < 1.29 is 13.9 Å². The van der Waals surface area contributed by atoms with Crippen LogP contribution in [0, 0.1) is 5.82 Å². The summed E-state index contributed by atoms with van der Waals surface area (Å²) in [5, 5.41) is 3.38. The molecule has 0 radical (unpaired) electrons. The van der Waals surface area contributed by atoms with E-state index in [9.17, 15) is 9.18 Å². The van der Waals surface area contributed by atoms with Crippen LogP contribution in [0.25, 0.3) is 6.08 Å². The predicted molar refractivity (Wildman–Crippen MR) is 103 cm³/mol. The predicted octanol–water partition coefficient (Wildman–Crippen LogP) is 3.87. The lowest BCUT2D eigenvalue weighted by molar-refractivity contribution is -0.122. The minimum Gasteiger partial charge on any atom is -0.488 e. The van der Waals surface area contributed by atoms with Gasteiger partial charge in [-0.2, -0.15) is 0 Å². The highest BCUT2D eigenvalue weighted by Crippen LogP contribution is 2.24. The van der Waals surface area contributed by atoms with Crippen LogP contribution in [0.1, 0.15) is 24.5 Å². The van der Waals surface area contributed by atoms with Crippen molar-refractivity contribution in [1.82, 2.24) is 10.2 Å². The molecule has 1 aliphatic heterocycles. The van der Waals surface area contributed by atoms with Crippen molar-refractivity contribution >= 4 is 29.3 Å². The van der Waals surface area contributed by atoms with Gasteiger partial charge in [-0.15, -0.1) is 0 Å². The van der Waals surface area contributed by atoms with Crippen molar-refractivity contribution in [2.24, 2.45) is 0 Å². The molecule has 3 rings (SSSR count). The molecule has 0 unspecified atom stereocenters. The molecule has 0 bridgehead atoms. The van der Waals surface area contributed by atoms with Gasteiger partial charge in [-0.25, -0.2) is 4.39 Å². The zero-order chi connectivity index (χ0) is 18.5. The molecule has 0 saturated carbocycles. The number of rotatable bonds is 6. The average Bonchev–Trinajstić information content (AvgIpc) is 2.89. The van der Waals surface area contributed by atoms with Crippen molar-refractivity contribution in [1.29, 1.82) is 0 Å². The number of hydrogen-bond donors (Lipinski definition) is 1. The zero-order valence-electron chi connectivity index (χ0n) is 14.4. The molecular formula is C20H19FN2O2S. The average molecular weight is 370 g/mol. The van der Waals surface area contributed by atoms with Gasteiger partial charge in [0.25, 0.3) is 5.91 Å². The van der Waals surface area contributed by atoms with E-state index in [4.69, 9.17) is 17.0 Å². The van der Waals surface area contributed by atoms with Crippen LogP contribution in [0.3, 0.4) is 0 Å². The van der Waals surface area contributed by atoms with E-state index in [-0.39, 0.29) is 18.3 Å². The molecule has 26 heavy (non-hydrogen) atoms. The summed E-state index contributed by atoms with van der Waals surface area (Å²) in [6, 6.07) is 13.7. The smallest absolute Gasteiger partial charge is 0.276 e. The number of carbonyl (C=O) groups is 1. The quantitative estimate of drug-likeness (QED) is 0.619. The first kappa shape index (κ1) is 18.1. The van der Waals surface area contributed by atoms with Crippen molar-refractivity contribution in [3.63, 3.8) is 0 Å². The summed E-state index contributed by atoms with van der Waals surface area (Å²) in [6.45, 7) is 2.81. The summed E-state index contributed by atoms with van der Waals surface area (Å²) in [7, 11) is 0. The fourth-order valence-corrected chi connectivity index (χ4v) is 2.96. The third-order valence-electron chi connectivity index (χ3n) is 3.91. The van der Waals surface area contributed by atoms with E-state index >= 15 is 0 Å². The fourth-order valence-electron chi connectivity index (χ4n) is 2.67. The van der Waals surface area contributed by atoms with E-state index in [0.717, 1.165) is 17.5 Å². The Hall–Kier alpha value is -2.73. The van der Waals surface area contributed by atoms with Gasteiger partial charge in [0.05, 0.1) is 0 Å². The molecule has 0 atom stereocenters. The molecule has 1 fully saturated rings. The Bertz CT molecular complexity index is 866. The molecule has 0 spiro atoms. The fraction of sp³-hybridized carbons (Fsp3) is 0.200. The van der Waals surface area contributed by atoms with Gasteiger partial charge in [0.15, 0.2) is 5.11 Å². The topological polar surface area (TPSA) is 41.6 Å². The highest BCUT2D eigenvalue weighted by Gasteiger charge is 2.29. The van der Waals surface area contributed by atoms with Crippen LogP contribution in [0.15, 0.2) is 54.2 Å². The normalized spacial score (nSPS) is 15.5. The molecule has 2 aromatic rings. The van der Waals surface area contributed by atoms with Crippen molar-refractivity contribution in [3.8, 4) is 5.75 Å². The van der Waals surface area contributed by atoms with E-state index in [1.165, 1.54) is 12.1 Å². The van der Waals surface area contributed by atoms with E-state index in [0.29, 0.717) is 23.1 Å². The molecule has 1 N–H and O–H groups in total. The standard InChI is InChI=1S/C20H19FN2O2S/c1-2-10-23-19(24)17(22-20(23)26)12-15-7-3-4-9-18(15)25-13-14-6-5-8-16(21)11-14/h3-9,11-12H,2,10,13H2,1H3,(H,22,26)/b17-12-. The summed E-state index contributed by atoms with van der Waals surface area (Å²) >= 11 is 5.22. The number of thiocarbonyl (C=S) groups is 1. The summed E-state index contributed by atoms with van der Waals surface area (Å²) in [6.07, 6.45) is 2.55. The van der Waals surface area contributed by atoms with Gasteiger partial charge in [0.2, 0.25) is 0 Å². The molecule has 134 valence electrons. The molecule has 1 aliphatic rings. The SMILES string of the molecule is CCCN1C(=O)/C(=C/c2ccccc2OCc2cccc(F)c2)NC1=S. The lowest BCUT2D eigenvalue weighted by Gasteiger charge is -2.11. The summed E-state index contributed by atoms with van der Waals surface area (Å²) in [5.41, 5.74) is 1.91. The van der Waals surface area contributed by atoms with Crippen LogP contribution >= 0.6 is 12.2 Å². The van der Waals surface area contributed by atoms with Gasteiger partial charge in [-0.1, -0.05) is 37.3 Å². The highest BCUT2D eigenvalue weighted by molar-refractivity contribution is 7.80. The Morgan fingerprint density at radius 3 is 2.81 bits per heavy atom. The van der Waals surface area contributed by atoms with Gasteiger partial charge < -0.3 is 10.1 Å². The van der Waals surface area contributed by atoms with Gasteiger partial charge >= 0.3 is 0 Å². The molecular weight excluding hydrogens is 351 g/mol. The number of carbonyl (C=O) groups excluding carboxylic acids is 1. The van der Waals surface area contributed by atoms with E-state index in [1.807, 2.05) is 31.2 Å². The number of hydrogen-bond acceptors (Lipinski definition) is 3. The summed E-state index contributed by atoms with van der Waals surface area (Å²) < 4.78 is 19.1. The van der Waals surface area contributed by atoms with Crippen molar-refractivity contribution in [3.05, 3.63) is 71.2 Å². The Morgan fingerprint density at radius 2 is 2.04 bits per heavy atom. The highest BCUT2D eigenvalue weighted by atomic mass is 32.1. The Labute approximate surface area is 157 Å². The number of ether oxygens (including phenoxy) is 1. The van der Waals surface area contributed by atoms with Gasteiger partial charge in [0, 0.05) is 12.1 Å². The van der Waals surface area contributed by atoms with Gasteiger partial charge in [-0.3, -0.25) is 9.69 Å². The number of benzene rings is 2. The van der Waals surface area contributed by atoms with E-state index < -0.39 is 0 Å². The van der Waals surface area contributed by atoms with Gasteiger partial charge in [-0.05, 0) is 48.5 Å². The minimum atomic E-state index is -0.299. The van der Waals surface area contributed by atoms with Crippen LogP contribution in [0.2, 0.25) is 0 Å². The second kappa shape index (κ2) is 8.10. The van der Waals surface area contributed by atoms with E-state index in [2.05, 4.69) is 5.32 Å². The lowest BCUT2D eigenvalue weighted by atomic mass is 10.1. The molecule has 6 heteroatoms. The second-order valence-corrected chi connectivity index (χ2v) is 6.29. The zero-order valence-corrected chi connectivity index (χ0v) is 15.2. The number of nitrogens with zero attached hydrogens (tertiary/aromatic N) is 1. The number of halogens is 1. The summed E-state index contributed by atoms with van der Waals surface area (Å²) in [4.78, 5) is 14.0. The Balaban J connectivity index is 1.79. The Morgan fingerprint density at radius 1 is 1.23 bits per heavy atom. The maximum atomic E-state index is 13.3. The third-order valence-corrected chi connectivity index (χ3v) is 4.23. The van der Waals surface area contributed by atoms with Crippen LogP contribution in [-0.2, 0) is 11.4 Å². The van der Waals surface area contributed by atoms with Crippen LogP contribution in [-0.4, -0.2) is 22.5 Å². The van der Waals surface area contributed by atoms with Crippen molar-refractivity contribution in [2.75, 3.05) is 6.54 Å². The largest absolute Gasteiger partial charge is 0.488 e. The minimum absolute atomic E-state index is 0.142. The second-order valence-electron chi connectivity index (χ2n) is 5.90. The monoisotopic (exact) mass is 370 g/mol. The molecule has 0 aromatic heterocycles. The molecule has 4 nitrogen and oxygen atoms in total. The summed E-state index contributed by atoms with van der Waals surface area (Å²) in [5.74, 6) is 0.169. The maximum absolute atomic E-state index is 13.3. The first-order valence-corrected chi connectivity index (χ1v) is 8.80. The number of nitrogens with one attached hydrogen (secondary N) is 1. The van der Waals surface area contributed by atoms with Crippen LogP contribution in [0.5, 0.6) is 5.75 Å². The Kier molecular flexibility index (Phi) is 5.63. The molecule has 1 saturated heterocycles. The van der Waals surface area contributed by atoms with Crippen molar-refractivity contribution in [2.45, 2.75) is 20.0 Å². The molecule has 1 heterocycles. The maximum Gasteiger partial charge on any atom is 0.276 e. The van der Waals surface area contributed by atoms with Gasteiger partial charge in [0.1, 0.15) is 23.9 Å². The molecule has 0 aliphatic carbocycles. The first-order valence-electron chi connectivity index (χ1n) is 8.39. The lowest BCUT2D eigenvalue weighted by Crippen LogP contribution is -2.31. The number of para-hydroxylation sites is 1.